The molecule has 1 aromatic carbocycles. The molecule has 0 bridgehead atoms. The lowest BCUT2D eigenvalue weighted by Gasteiger charge is -2.08. The molecule has 0 amide bonds. The zero-order valence-corrected chi connectivity index (χ0v) is 9.39. The minimum absolute atomic E-state index is 0.114. The van der Waals surface area contributed by atoms with Crippen molar-refractivity contribution in [3.05, 3.63) is 28.8 Å². The van der Waals surface area contributed by atoms with Crippen molar-refractivity contribution >= 4 is 17.4 Å². The van der Waals surface area contributed by atoms with Crippen molar-refractivity contribution in [2.24, 2.45) is 0 Å². The summed E-state index contributed by atoms with van der Waals surface area (Å²) in [5, 5.41) is 3.06. The Hall–Kier alpha value is -1.82. The third-order valence-electron chi connectivity index (χ3n) is 2.12. The van der Waals surface area contributed by atoms with Crippen LogP contribution in [0.1, 0.15) is 0 Å². The van der Waals surface area contributed by atoms with Gasteiger partial charge in [0.15, 0.2) is 23.1 Å². The average molecular weight is 261 g/mol. The molecule has 0 aliphatic rings. The van der Waals surface area contributed by atoms with Crippen LogP contribution >= 0.6 is 11.6 Å². The predicted molar refractivity (Wildman–Crippen MR) is 57.8 cm³/mol. The second-order valence-electron chi connectivity index (χ2n) is 3.18. The van der Waals surface area contributed by atoms with Gasteiger partial charge in [0.2, 0.25) is 5.82 Å². The maximum Gasteiger partial charge on any atom is 0.202 e. The van der Waals surface area contributed by atoms with Gasteiger partial charge in [-0.25, -0.2) is 4.39 Å². The molecule has 0 unspecified atom stereocenters. The first-order valence-electron chi connectivity index (χ1n) is 4.48. The Morgan fingerprint density at radius 1 is 1.35 bits per heavy atom. The molecule has 4 nitrogen and oxygen atoms in total. The minimum atomic E-state index is -1.19. The first-order valence-corrected chi connectivity index (χ1v) is 4.86. The van der Waals surface area contributed by atoms with Crippen molar-refractivity contribution in [1.29, 1.82) is 0 Å². The summed E-state index contributed by atoms with van der Waals surface area (Å²) in [5.41, 5.74) is 5.51. The summed E-state index contributed by atoms with van der Waals surface area (Å²) in [7, 11) is 1.20. The van der Waals surface area contributed by atoms with E-state index in [-0.39, 0.29) is 27.9 Å². The molecule has 0 saturated carbocycles. The number of nitrogen functional groups attached to an aromatic ring is 1. The van der Waals surface area contributed by atoms with Crippen LogP contribution in [0.25, 0.3) is 11.3 Å². The second kappa shape index (κ2) is 4.21. The number of aromatic nitrogens is 1. The van der Waals surface area contributed by atoms with Crippen molar-refractivity contribution in [1.82, 2.24) is 5.16 Å². The molecule has 1 aromatic heterocycles. The standard InChI is InChI=1S/C10H7ClF2N2O2/c1-16-10-4(6-3-7(14)15-17-6)2-5(11)8(12)9(10)13/h2-3H,1H3,(H2,14,15). The highest BCUT2D eigenvalue weighted by molar-refractivity contribution is 6.31. The van der Waals surface area contributed by atoms with E-state index >= 15 is 0 Å². The van der Waals surface area contributed by atoms with Crippen LogP contribution in [0, 0.1) is 11.6 Å². The van der Waals surface area contributed by atoms with Gasteiger partial charge < -0.3 is 15.0 Å². The van der Waals surface area contributed by atoms with E-state index in [9.17, 15) is 8.78 Å². The quantitative estimate of drug-likeness (QED) is 0.844. The molecule has 0 aliphatic heterocycles. The van der Waals surface area contributed by atoms with Gasteiger partial charge in [0.1, 0.15) is 0 Å². The van der Waals surface area contributed by atoms with Gasteiger partial charge in [-0.2, -0.15) is 4.39 Å². The Kier molecular flexibility index (Phi) is 2.89. The summed E-state index contributed by atoms with van der Waals surface area (Å²) in [4.78, 5) is 0. The number of nitrogens with zero attached hydrogens (tertiary/aromatic N) is 1. The topological polar surface area (TPSA) is 61.3 Å². The Balaban J connectivity index is 2.69. The largest absolute Gasteiger partial charge is 0.493 e. The third kappa shape index (κ3) is 1.91. The zero-order valence-electron chi connectivity index (χ0n) is 8.63. The van der Waals surface area contributed by atoms with Crippen LogP contribution in [-0.2, 0) is 0 Å². The van der Waals surface area contributed by atoms with E-state index in [0.717, 1.165) is 0 Å². The smallest absolute Gasteiger partial charge is 0.202 e. The number of benzene rings is 1. The van der Waals surface area contributed by atoms with E-state index in [1.54, 1.807) is 0 Å². The first-order chi connectivity index (χ1) is 8.04. The highest BCUT2D eigenvalue weighted by Crippen LogP contribution is 2.37. The van der Waals surface area contributed by atoms with Crippen LogP contribution in [-0.4, -0.2) is 12.3 Å². The molecular formula is C10H7ClF2N2O2. The van der Waals surface area contributed by atoms with Crippen LogP contribution < -0.4 is 10.5 Å². The van der Waals surface area contributed by atoms with Crippen molar-refractivity contribution in [2.45, 2.75) is 0 Å². The van der Waals surface area contributed by atoms with Gasteiger partial charge >= 0.3 is 0 Å². The molecule has 1 heterocycles. The molecule has 0 spiro atoms. The Morgan fingerprint density at radius 2 is 2.06 bits per heavy atom. The summed E-state index contributed by atoms with van der Waals surface area (Å²) in [6.45, 7) is 0. The Bertz CT molecular complexity index is 572. The number of hydrogen-bond acceptors (Lipinski definition) is 4. The summed E-state index contributed by atoms with van der Waals surface area (Å²) >= 11 is 5.54. The monoisotopic (exact) mass is 260 g/mol. The fraction of sp³-hybridized carbons (Fsp3) is 0.100. The van der Waals surface area contributed by atoms with Crippen molar-refractivity contribution in [3.8, 4) is 17.1 Å². The summed E-state index contributed by atoms with van der Waals surface area (Å²) < 4.78 is 36.4. The average Bonchev–Trinajstić information content (AvgIpc) is 2.72. The van der Waals surface area contributed by atoms with Crippen LogP contribution in [0.4, 0.5) is 14.6 Å². The molecule has 17 heavy (non-hydrogen) atoms. The summed E-state index contributed by atoms with van der Waals surface area (Å²) in [6, 6.07) is 2.53. The van der Waals surface area contributed by atoms with E-state index < -0.39 is 11.6 Å². The van der Waals surface area contributed by atoms with E-state index in [1.807, 2.05) is 0 Å². The lowest BCUT2D eigenvalue weighted by Crippen LogP contribution is -1.96. The molecule has 7 heteroatoms. The molecule has 0 fully saturated rings. The van der Waals surface area contributed by atoms with E-state index in [4.69, 9.17) is 26.6 Å². The lowest BCUT2D eigenvalue weighted by atomic mass is 10.1. The van der Waals surface area contributed by atoms with Crippen LogP contribution in [0.2, 0.25) is 5.02 Å². The van der Waals surface area contributed by atoms with Crippen molar-refractivity contribution in [3.63, 3.8) is 0 Å². The summed E-state index contributed by atoms with van der Waals surface area (Å²) in [5.74, 6) is -2.43. The highest BCUT2D eigenvalue weighted by Gasteiger charge is 2.21. The van der Waals surface area contributed by atoms with Gasteiger partial charge in [-0.15, -0.1) is 0 Å². The molecule has 2 rings (SSSR count). The van der Waals surface area contributed by atoms with Gasteiger partial charge in [-0.1, -0.05) is 16.8 Å². The Morgan fingerprint density at radius 3 is 2.59 bits per heavy atom. The Labute approximate surface area is 99.9 Å². The van der Waals surface area contributed by atoms with Gasteiger partial charge in [0.05, 0.1) is 17.7 Å². The molecule has 90 valence electrons. The maximum absolute atomic E-state index is 13.5. The maximum atomic E-state index is 13.5. The number of hydrogen-bond donors (Lipinski definition) is 1. The molecule has 0 saturated heterocycles. The fourth-order valence-corrected chi connectivity index (χ4v) is 1.57. The van der Waals surface area contributed by atoms with Crippen LogP contribution in [0.3, 0.4) is 0 Å². The highest BCUT2D eigenvalue weighted by atomic mass is 35.5. The van der Waals surface area contributed by atoms with Crippen LogP contribution in [0.15, 0.2) is 16.7 Å². The zero-order chi connectivity index (χ0) is 12.6. The lowest BCUT2D eigenvalue weighted by molar-refractivity contribution is 0.369. The molecule has 0 aliphatic carbocycles. The molecule has 0 atom stereocenters. The van der Waals surface area contributed by atoms with Gasteiger partial charge in [0, 0.05) is 6.07 Å². The van der Waals surface area contributed by atoms with Gasteiger partial charge in [-0.05, 0) is 6.07 Å². The summed E-state index contributed by atoms with van der Waals surface area (Å²) in [6.07, 6.45) is 0. The number of ether oxygens (including phenoxy) is 1. The molecular weight excluding hydrogens is 254 g/mol. The van der Waals surface area contributed by atoms with Gasteiger partial charge in [0.25, 0.3) is 0 Å². The van der Waals surface area contributed by atoms with Crippen LogP contribution in [0.5, 0.6) is 5.75 Å². The SMILES string of the molecule is COc1c(-c2cc(N)no2)cc(Cl)c(F)c1F. The van der Waals surface area contributed by atoms with Crippen molar-refractivity contribution in [2.75, 3.05) is 12.8 Å². The first kappa shape index (κ1) is 11.7. The number of halogens is 3. The van der Waals surface area contributed by atoms with E-state index in [2.05, 4.69) is 5.16 Å². The molecule has 2 aromatic rings. The van der Waals surface area contributed by atoms with E-state index in [1.165, 1.54) is 19.2 Å². The second-order valence-corrected chi connectivity index (χ2v) is 3.59. The van der Waals surface area contributed by atoms with E-state index in [0.29, 0.717) is 0 Å². The third-order valence-corrected chi connectivity index (χ3v) is 2.39. The predicted octanol–water partition coefficient (Wildman–Crippen LogP) is 2.86. The molecule has 2 N–H and O–H groups in total. The fourth-order valence-electron chi connectivity index (χ4n) is 1.38. The number of methoxy groups -OCH3 is 1. The normalized spacial score (nSPS) is 10.6. The minimum Gasteiger partial charge on any atom is -0.493 e. The molecule has 0 radical (unpaired) electrons. The number of anilines is 1. The van der Waals surface area contributed by atoms with Gasteiger partial charge in [-0.3, -0.25) is 0 Å². The number of nitrogens with two attached hydrogens (primary N) is 1. The van der Waals surface area contributed by atoms with Crippen molar-refractivity contribution < 1.29 is 18.0 Å². The number of rotatable bonds is 2.